The van der Waals surface area contributed by atoms with Gasteiger partial charge in [-0.3, -0.25) is 23.9 Å². The number of amides is 4. The van der Waals surface area contributed by atoms with Crippen LogP contribution in [0.25, 0.3) is 33.6 Å². The Hall–Kier alpha value is -5.60. The van der Waals surface area contributed by atoms with Crippen LogP contribution in [0, 0.1) is 18.7 Å². The monoisotopic (exact) mass is 831 g/mol. The maximum Gasteiger partial charge on any atom is 0.471 e. The summed E-state index contributed by atoms with van der Waals surface area (Å²) in [6.45, 7) is 1.23. The highest BCUT2D eigenvalue weighted by Crippen LogP contribution is 2.46. The predicted molar refractivity (Wildman–Crippen MR) is 193 cm³/mol. The van der Waals surface area contributed by atoms with E-state index in [0.29, 0.717) is 37.9 Å². The average Bonchev–Trinajstić information content (AvgIpc) is 4.00. The lowest BCUT2D eigenvalue weighted by Gasteiger charge is -2.30. The number of aryl methyl sites for hydroxylation is 1. The molecule has 0 bridgehead atoms. The molecule has 3 aromatic heterocycles. The summed E-state index contributed by atoms with van der Waals surface area (Å²) in [5.41, 5.74) is -1.19. The number of carbonyl (C=O) groups is 4. The van der Waals surface area contributed by atoms with Crippen molar-refractivity contribution >= 4 is 55.7 Å². The van der Waals surface area contributed by atoms with Crippen LogP contribution in [-0.2, 0) is 29.2 Å². The molecule has 2 aliphatic heterocycles. The van der Waals surface area contributed by atoms with Crippen molar-refractivity contribution < 1.29 is 58.8 Å². The lowest BCUT2D eigenvalue weighted by molar-refractivity contribution is -0.175. The van der Waals surface area contributed by atoms with E-state index in [1.165, 1.54) is 18.2 Å². The molecule has 2 saturated carbocycles. The molecule has 0 spiro atoms. The molecular weight excluding hydrogens is 795 g/mol. The zero-order valence-electron chi connectivity index (χ0n) is 30.8. The summed E-state index contributed by atoms with van der Waals surface area (Å²) in [6, 6.07) is 2.11. The van der Waals surface area contributed by atoms with Gasteiger partial charge in [0.2, 0.25) is 27.4 Å². The Labute approximate surface area is 327 Å². The highest BCUT2D eigenvalue weighted by Gasteiger charge is 2.62. The normalized spacial score (nSPS) is 26.3. The number of hydrogen-bond donors (Lipinski definition) is 3. The van der Waals surface area contributed by atoms with E-state index >= 15 is 0 Å². The van der Waals surface area contributed by atoms with Gasteiger partial charge in [-0.2, -0.15) is 18.2 Å². The fourth-order valence-corrected chi connectivity index (χ4v) is 8.87. The van der Waals surface area contributed by atoms with Gasteiger partial charge in [-0.1, -0.05) is 30.2 Å². The number of carbonyl (C=O) groups excluding carboxylic acids is 4. The number of aromatic nitrogens is 3. The van der Waals surface area contributed by atoms with Gasteiger partial charge in [-0.05, 0) is 63.6 Å². The lowest BCUT2D eigenvalue weighted by Crippen LogP contribution is -2.58. The molecule has 4 aromatic rings. The number of nitrogens with one attached hydrogen (secondary N) is 3. The molecule has 1 saturated heterocycles. The summed E-state index contributed by atoms with van der Waals surface area (Å²) in [4.78, 5) is 64.5. The predicted octanol–water partition coefficient (Wildman–Crippen LogP) is 3.88. The van der Waals surface area contributed by atoms with Crippen LogP contribution in [-0.4, -0.2) is 93.8 Å². The number of furan rings is 1. The van der Waals surface area contributed by atoms with E-state index in [1.54, 1.807) is 30.5 Å². The number of sulfonamides is 1. The van der Waals surface area contributed by atoms with Crippen LogP contribution in [0.15, 0.2) is 45.4 Å². The molecule has 3 N–H and O–H groups in total. The third-order valence-corrected chi connectivity index (χ3v) is 12.6. The van der Waals surface area contributed by atoms with E-state index in [2.05, 4.69) is 25.2 Å². The molecule has 0 radical (unpaired) electrons. The molecule has 0 unspecified atom stereocenters. The highest BCUT2D eigenvalue weighted by molar-refractivity contribution is 7.91. The van der Waals surface area contributed by atoms with Gasteiger partial charge in [-0.15, -0.1) is 0 Å². The van der Waals surface area contributed by atoms with Crippen LogP contribution < -0.4 is 20.1 Å². The van der Waals surface area contributed by atoms with Crippen LogP contribution in [0.4, 0.5) is 17.6 Å². The summed E-state index contributed by atoms with van der Waals surface area (Å²) < 4.78 is 100. The van der Waals surface area contributed by atoms with Crippen molar-refractivity contribution in [3.8, 4) is 17.4 Å². The maximum absolute atomic E-state index is 14.4. The second kappa shape index (κ2) is 14.7. The Bertz CT molecular complexity index is 2470. The summed E-state index contributed by atoms with van der Waals surface area (Å²) in [6.07, 6.45) is -0.841. The van der Waals surface area contributed by atoms with Crippen LogP contribution >= 0.6 is 0 Å². The summed E-state index contributed by atoms with van der Waals surface area (Å²) in [5.74, 6) is -6.18. The minimum absolute atomic E-state index is 0.00941. The topological polar surface area (TPSA) is 216 Å². The second-order valence-electron chi connectivity index (χ2n) is 15.1. The Morgan fingerprint density at radius 2 is 1.88 bits per heavy atom. The largest absolute Gasteiger partial charge is 0.471 e. The highest BCUT2D eigenvalue weighted by atomic mass is 32.2. The number of allylic oxidation sites excluding steroid dienone is 1. The standard InChI is InChI=1S/C37H37F4N7O9S/c1-18-13-25(46-57-18)30-43-28-23-14-20(38)9-12-27(23)56-29(28)32(44-30)55-21-15-26-31(49)45-36(34(51)47-58(53,54)22-10-11-22)16-19(36)7-5-3-2-4-6-8-24(33(50)48(26)17-21)42-35(52)37(39,40)41/h5,7,9,12-14,19,21-22,24,26H,2-4,6,8,10-11,15-17H2,1H3,(H,42,52)(H,45,49)(H,47,51)/b7-5-/t19-,21+,24-,26-,36+/m0/s1. The first-order chi connectivity index (χ1) is 27.5. The summed E-state index contributed by atoms with van der Waals surface area (Å²) >= 11 is 0. The van der Waals surface area contributed by atoms with Gasteiger partial charge >= 0.3 is 12.1 Å². The molecule has 16 nitrogen and oxygen atoms in total. The quantitative estimate of drug-likeness (QED) is 0.179. The van der Waals surface area contributed by atoms with E-state index in [1.807, 2.05) is 0 Å². The SMILES string of the molecule is Cc1cc(-c2nc(O[C@@H]3C[C@H]4C(=O)N[C@]5(C(=O)NS(=O)(=O)C6CC6)C[C@@H]5/C=C\CCCCC[C@H](NC(=O)C(F)(F)F)C(=O)N4C3)c3oc4ccc(F)cc4c3n2)no1. The van der Waals surface area contributed by atoms with E-state index in [9.17, 15) is 45.2 Å². The molecule has 21 heteroatoms. The van der Waals surface area contributed by atoms with Gasteiger partial charge < -0.3 is 29.2 Å². The number of nitrogens with zero attached hydrogens (tertiary/aromatic N) is 4. The van der Waals surface area contributed by atoms with E-state index in [-0.39, 0.29) is 65.2 Å². The van der Waals surface area contributed by atoms with E-state index in [4.69, 9.17) is 13.7 Å². The Morgan fingerprint density at radius 1 is 1.09 bits per heavy atom. The van der Waals surface area contributed by atoms with E-state index < -0.39 is 87.1 Å². The molecule has 5 atom stereocenters. The molecule has 8 rings (SSSR count). The molecule has 58 heavy (non-hydrogen) atoms. The van der Waals surface area contributed by atoms with E-state index in [0.717, 1.165) is 4.90 Å². The number of benzene rings is 1. The number of fused-ring (bicyclic) bond motifs is 5. The first-order valence-electron chi connectivity index (χ1n) is 18.8. The number of hydrogen-bond acceptors (Lipinski definition) is 12. The Balaban J connectivity index is 1.16. The third-order valence-electron chi connectivity index (χ3n) is 10.8. The zero-order chi connectivity index (χ0) is 41.1. The molecule has 4 aliphatic rings. The second-order valence-corrected chi connectivity index (χ2v) is 17.1. The molecule has 5 heterocycles. The molecule has 1 aromatic carbocycles. The summed E-state index contributed by atoms with van der Waals surface area (Å²) in [5, 5.41) is 7.96. The van der Waals surface area contributed by atoms with Gasteiger partial charge in [0.1, 0.15) is 46.4 Å². The Kier molecular flexibility index (Phi) is 9.91. The van der Waals surface area contributed by atoms with Gasteiger partial charge in [0.15, 0.2) is 11.5 Å². The van der Waals surface area contributed by atoms with Gasteiger partial charge in [0, 0.05) is 23.8 Å². The van der Waals surface area contributed by atoms with Gasteiger partial charge in [-0.25, -0.2) is 17.8 Å². The van der Waals surface area contributed by atoms with Crippen molar-refractivity contribution in [2.75, 3.05) is 6.54 Å². The smallest absolute Gasteiger partial charge is 0.470 e. The molecule has 2 aliphatic carbocycles. The van der Waals surface area contributed by atoms with Crippen LogP contribution in [0.1, 0.15) is 63.5 Å². The molecule has 3 fully saturated rings. The average molecular weight is 832 g/mol. The van der Waals surface area contributed by atoms with Crippen LogP contribution in [0.3, 0.4) is 0 Å². The molecule has 308 valence electrons. The van der Waals surface area contributed by atoms with Crippen molar-refractivity contribution in [1.82, 2.24) is 35.4 Å². The van der Waals surface area contributed by atoms with Crippen LogP contribution in [0.5, 0.6) is 5.88 Å². The first kappa shape index (κ1) is 39.2. The van der Waals surface area contributed by atoms with Crippen molar-refractivity contribution in [2.24, 2.45) is 5.92 Å². The lowest BCUT2D eigenvalue weighted by atomic mass is 10.0. The molecule has 4 amide bonds. The number of ether oxygens (including phenoxy) is 1. The maximum atomic E-state index is 14.4. The Morgan fingerprint density at radius 3 is 2.60 bits per heavy atom. The van der Waals surface area contributed by atoms with Crippen LogP contribution in [0.2, 0.25) is 0 Å². The zero-order valence-corrected chi connectivity index (χ0v) is 31.6. The fraction of sp³-hybridized carbons (Fsp3) is 0.486. The van der Waals surface area contributed by atoms with Crippen molar-refractivity contribution in [3.63, 3.8) is 0 Å². The van der Waals surface area contributed by atoms with Crippen molar-refractivity contribution in [3.05, 3.63) is 48.0 Å². The first-order valence-corrected chi connectivity index (χ1v) is 20.3. The minimum Gasteiger partial charge on any atom is -0.470 e. The fourth-order valence-electron chi connectivity index (χ4n) is 7.50. The minimum atomic E-state index is -5.31. The van der Waals surface area contributed by atoms with Crippen molar-refractivity contribution in [2.45, 2.75) is 99.9 Å². The van der Waals surface area contributed by atoms with Gasteiger partial charge in [0.25, 0.3) is 11.8 Å². The number of halogens is 4. The third kappa shape index (κ3) is 7.70. The van der Waals surface area contributed by atoms with Gasteiger partial charge in [0.05, 0.1) is 11.8 Å². The van der Waals surface area contributed by atoms with Crippen molar-refractivity contribution in [1.29, 1.82) is 0 Å². The summed E-state index contributed by atoms with van der Waals surface area (Å²) in [7, 11) is -4.03. The number of rotatable bonds is 7. The molecular formula is C37H37F4N7O9S. The number of alkyl halides is 3.